The minimum absolute atomic E-state index is 0. The summed E-state index contributed by atoms with van der Waals surface area (Å²) in [6.45, 7) is 17.0. The molecule has 0 amide bonds. The van der Waals surface area contributed by atoms with E-state index in [0.717, 1.165) is 26.2 Å². The largest absolute Gasteiger partial charge is 0.383 e. The van der Waals surface area contributed by atoms with Crippen LogP contribution in [0.15, 0.2) is 24.3 Å². The Morgan fingerprint density at radius 3 is 1.22 bits per heavy atom. The molecule has 3 nitrogen and oxygen atoms in total. The summed E-state index contributed by atoms with van der Waals surface area (Å²) in [7, 11) is 2.19. The zero-order valence-corrected chi connectivity index (χ0v) is 18.9. The van der Waals surface area contributed by atoms with Gasteiger partial charge in [0.25, 0.3) is 0 Å². The number of benzene rings is 2. The molecule has 2 rings (SSSR count). The first-order chi connectivity index (χ1) is 12.3. The Bertz CT molecular complexity index is 646. The number of nitrogens with one attached hydrogen (secondary N) is 2. The summed E-state index contributed by atoms with van der Waals surface area (Å²) in [5.41, 5.74) is 10.6. The van der Waals surface area contributed by atoms with E-state index in [1.165, 1.54) is 44.8 Å². The van der Waals surface area contributed by atoms with Gasteiger partial charge in [0.05, 0.1) is 0 Å². The van der Waals surface area contributed by atoms with Gasteiger partial charge in [-0.05, 0) is 70.8 Å². The van der Waals surface area contributed by atoms with Crippen LogP contribution in [0, 0.1) is 41.5 Å². The second-order valence-corrected chi connectivity index (χ2v) is 7.70. The fourth-order valence-corrected chi connectivity index (χ4v) is 3.77. The molecule has 0 radical (unpaired) electrons. The number of hydrogen-bond acceptors (Lipinski definition) is 3. The average molecular weight is 412 g/mol. The van der Waals surface area contributed by atoms with E-state index in [1.807, 2.05) is 0 Å². The number of hydrogen-bond donors (Lipinski definition) is 2. The number of nitrogens with zero attached hydrogens (tertiary/aromatic N) is 1. The van der Waals surface area contributed by atoms with Crippen molar-refractivity contribution in [2.45, 2.75) is 41.5 Å². The van der Waals surface area contributed by atoms with E-state index in [-0.39, 0.29) is 16.5 Å². The topological polar surface area (TPSA) is 27.3 Å². The van der Waals surface area contributed by atoms with Crippen molar-refractivity contribution >= 4 is 11.4 Å². The number of likely N-dealkylation sites (N-methyl/N-ethyl adjacent to an activating group) is 1. The van der Waals surface area contributed by atoms with Gasteiger partial charge < -0.3 is 15.5 Å². The molecule has 0 saturated heterocycles. The molecular weight excluding hydrogens is 377 g/mol. The first-order valence-electron chi connectivity index (χ1n) is 9.60. The molecule has 0 aliphatic heterocycles. The van der Waals surface area contributed by atoms with E-state index in [1.54, 1.807) is 0 Å². The van der Waals surface area contributed by atoms with Gasteiger partial charge in [0, 0.05) is 54.0 Å². The van der Waals surface area contributed by atoms with Crippen molar-refractivity contribution in [3.8, 4) is 0 Å². The molecule has 0 aromatic heterocycles. The molecule has 27 heavy (non-hydrogen) atoms. The first kappa shape index (κ1) is 23.5. The smallest absolute Gasteiger partial charge is 0.0400 e. The Kier molecular flexibility index (Phi) is 9.35. The van der Waals surface area contributed by atoms with Crippen LogP contribution in [0.5, 0.6) is 0 Å². The van der Waals surface area contributed by atoms with Crippen molar-refractivity contribution < 1.29 is 16.5 Å². The van der Waals surface area contributed by atoms with Crippen molar-refractivity contribution in [2.24, 2.45) is 0 Å². The van der Waals surface area contributed by atoms with Crippen molar-refractivity contribution in [3.05, 3.63) is 57.6 Å². The quantitative estimate of drug-likeness (QED) is 0.599. The van der Waals surface area contributed by atoms with E-state index in [2.05, 4.69) is 88.4 Å². The van der Waals surface area contributed by atoms with Crippen molar-refractivity contribution in [2.75, 3.05) is 43.9 Å². The molecule has 0 aliphatic carbocycles. The van der Waals surface area contributed by atoms with Crippen LogP contribution in [0.2, 0.25) is 0 Å². The maximum Gasteiger partial charge on any atom is 0.0400 e. The molecule has 2 aromatic rings. The van der Waals surface area contributed by atoms with Crippen LogP contribution in [0.3, 0.4) is 0 Å². The van der Waals surface area contributed by atoms with Gasteiger partial charge in [-0.25, -0.2) is 0 Å². The van der Waals surface area contributed by atoms with Crippen molar-refractivity contribution in [1.29, 1.82) is 0 Å². The van der Waals surface area contributed by atoms with Gasteiger partial charge in [0.1, 0.15) is 0 Å². The van der Waals surface area contributed by atoms with Gasteiger partial charge in [-0.3, -0.25) is 0 Å². The molecule has 0 aliphatic rings. The van der Waals surface area contributed by atoms with Gasteiger partial charge in [0.15, 0.2) is 0 Å². The van der Waals surface area contributed by atoms with E-state index in [4.69, 9.17) is 0 Å². The third-order valence-electron chi connectivity index (χ3n) is 4.94. The van der Waals surface area contributed by atoms with Crippen LogP contribution < -0.4 is 10.6 Å². The summed E-state index contributed by atoms with van der Waals surface area (Å²) >= 11 is 0. The first-order valence-corrected chi connectivity index (χ1v) is 9.60. The Morgan fingerprint density at radius 2 is 0.926 bits per heavy atom. The standard InChI is InChI=1S/C23H35N3.Ni/c1-16-12-18(3)22(19(4)13-16)24-8-10-26(7)11-9-25-23-20(5)14-17(2)15-21(23)6;/h12-15,24-25H,8-11H2,1-7H3;. The molecule has 0 unspecified atom stereocenters. The summed E-state index contributed by atoms with van der Waals surface area (Å²) in [6, 6.07) is 8.98. The van der Waals surface area contributed by atoms with Crippen LogP contribution in [-0.2, 0) is 16.5 Å². The summed E-state index contributed by atoms with van der Waals surface area (Å²) in [5, 5.41) is 7.22. The van der Waals surface area contributed by atoms with E-state index in [0.29, 0.717) is 0 Å². The fraction of sp³-hybridized carbons (Fsp3) is 0.478. The van der Waals surface area contributed by atoms with Gasteiger partial charge >= 0.3 is 0 Å². The summed E-state index contributed by atoms with van der Waals surface area (Å²) in [4.78, 5) is 2.37. The minimum atomic E-state index is 0. The van der Waals surface area contributed by atoms with E-state index in [9.17, 15) is 0 Å². The summed E-state index contributed by atoms with van der Waals surface area (Å²) < 4.78 is 0. The molecule has 4 heteroatoms. The second-order valence-electron chi connectivity index (χ2n) is 7.70. The van der Waals surface area contributed by atoms with Gasteiger partial charge in [-0.2, -0.15) is 0 Å². The normalized spacial score (nSPS) is 10.7. The van der Waals surface area contributed by atoms with E-state index >= 15 is 0 Å². The van der Waals surface area contributed by atoms with Crippen molar-refractivity contribution in [1.82, 2.24) is 4.90 Å². The number of rotatable bonds is 8. The monoisotopic (exact) mass is 411 g/mol. The van der Waals surface area contributed by atoms with Crippen LogP contribution in [0.25, 0.3) is 0 Å². The Hall–Kier alpha value is -1.51. The van der Waals surface area contributed by atoms with Gasteiger partial charge in [-0.1, -0.05) is 35.4 Å². The molecule has 0 atom stereocenters. The minimum Gasteiger partial charge on any atom is -0.383 e. The zero-order chi connectivity index (χ0) is 19.3. The zero-order valence-electron chi connectivity index (χ0n) is 17.9. The second kappa shape index (κ2) is 10.7. The molecule has 0 saturated carbocycles. The molecule has 2 aromatic carbocycles. The van der Waals surface area contributed by atoms with Gasteiger partial charge in [-0.15, -0.1) is 0 Å². The average Bonchev–Trinajstić information content (AvgIpc) is 2.52. The molecule has 0 bridgehead atoms. The third kappa shape index (κ3) is 6.86. The summed E-state index contributed by atoms with van der Waals surface area (Å²) in [5.74, 6) is 0. The molecule has 0 fully saturated rings. The summed E-state index contributed by atoms with van der Waals surface area (Å²) in [6.07, 6.45) is 0. The molecule has 0 heterocycles. The molecule has 152 valence electrons. The Labute approximate surface area is 175 Å². The number of anilines is 2. The van der Waals surface area contributed by atoms with Crippen LogP contribution in [0.1, 0.15) is 33.4 Å². The molecular formula is C23H35N3Ni. The number of aryl methyl sites for hydroxylation is 6. The SMILES string of the molecule is Cc1cc(C)c(NCCN(C)CCNc2c(C)cc(C)cc2C)c(C)c1.[Ni]. The van der Waals surface area contributed by atoms with Gasteiger partial charge in [0.2, 0.25) is 0 Å². The van der Waals surface area contributed by atoms with Crippen LogP contribution in [0.4, 0.5) is 11.4 Å². The van der Waals surface area contributed by atoms with Crippen LogP contribution >= 0.6 is 0 Å². The van der Waals surface area contributed by atoms with E-state index < -0.39 is 0 Å². The molecule has 0 spiro atoms. The third-order valence-corrected chi connectivity index (χ3v) is 4.94. The predicted octanol–water partition coefficient (Wildman–Crippen LogP) is 4.99. The Balaban J connectivity index is 0.00000364. The van der Waals surface area contributed by atoms with Crippen molar-refractivity contribution in [3.63, 3.8) is 0 Å². The maximum atomic E-state index is 3.61. The fourth-order valence-electron chi connectivity index (χ4n) is 3.77. The molecule has 2 N–H and O–H groups in total. The predicted molar refractivity (Wildman–Crippen MR) is 116 cm³/mol. The maximum absolute atomic E-state index is 3.61. The Morgan fingerprint density at radius 1 is 0.630 bits per heavy atom. The van der Waals surface area contributed by atoms with Crippen LogP contribution in [-0.4, -0.2) is 38.1 Å².